The first-order chi connectivity index (χ1) is 8.26. The van der Waals surface area contributed by atoms with Crippen LogP contribution >= 0.6 is 0 Å². The summed E-state index contributed by atoms with van der Waals surface area (Å²) < 4.78 is 11.7. The van der Waals surface area contributed by atoms with Crippen molar-refractivity contribution in [3.63, 3.8) is 0 Å². The van der Waals surface area contributed by atoms with Gasteiger partial charge in [0.2, 0.25) is 0 Å². The average Bonchev–Trinajstić information content (AvgIpc) is 2.44. The van der Waals surface area contributed by atoms with E-state index in [1.807, 2.05) is 0 Å². The molecular weight excluding hydrogens is 242 g/mol. The lowest BCUT2D eigenvalue weighted by Gasteiger charge is -2.38. The van der Waals surface area contributed by atoms with E-state index in [1.54, 1.807) is 7.11 Å². The van der Waals surface area contributed by atoms with Gasteiger partial charge in [-0.2, -0.15) is 0 Å². The van der Waals surface area contributed by atoms with Crippen molar-refractivity contribution in [3.05, 3.63) is 0 Å². The Kier molecular flexibility index (Phi) is 3.62. The molecule has 0 spiro atoms. The van der Waals surface area contributed by atoms with Crippen LogP contribution in [0.4, 0.5) is 0 Å². The Morgan fingerprint density at radius 1 is 1.28 bits per heavy atom. The SMILES string of the molecule is COC1=N[C@H](CO[Si](C)(C)C(C)(C)C)[C@H]2CC[C@@H]12. The highest BCUT2D eigenvalue weighted by Gasteiger charge is 2.47. The molecule has 3 atom stereocenters. The maximum atomic E-state index is 6.30. The number of hydrogen-bond donors (Lipinski definition) is 0. The maximum Gasteiger partial charge on any atom is 0.192 e. The maximum absolute atomic E-state index is 6.30. The summed E-state index contributed by atoms with van der Waals surface area (Å²) in [5, 5.41) is 0.276. The van der Waals surface area contributed by atoms with Crippen molar-refractivity contribution in [1.82, 2.24) is 0 Å². The van der Waals surface area contributed by atoms with E-state index in [0.29, 0.717) is 17.9 Å². The van der Waals surface area contributed by atoms with Gasteiger partial charge in [-0.3, -0.25) is 0 Å². The smallest absolute Gasteiger partial charge is 0.192 e. The lowest BCUT2D eigenvalue weighted by Crippen LogP contribution is -2.44. The van der Waals surface area contributed by atoms with Crippen LogP contribution in [0.25, 0.3) is 0 Å². The molecule has 3 nitrogen and oxygen atoms in total. The van der Waals surface area contributed by atoms with Gasteiger partial charge in [0.1, 0.15) is 0 Å². The van der Waals surface area contributed by atoms with Gasteiger partial charge in [0.25, 0.3) is 0 Å². The van der Waals surface area contributed by atoms with Crippen molar-refractivity contribution < 1.29 is 9.16 Å². The van der Waals surface area contributed by atoms with Crippen LogP contribution in [0.5, 0.6) is 0 Å². The Bertz CT molecular complexity index is 346. The fourth-order valence-electron chi connectivity index (χ4n) is 2.52. The zero-order valence-electron chi connectivity index (χ0n) is 12.6. The van der Waals surface area contributed by atoms with Crippen LogP contribution < -0.4 is 0 Å². The molecule has 0 N–H and O–H groups in total. The van der Waals surface area contributed by atoms with E-state index in [9.17, 15) is 0 Å². The Hall–Kier alpha value is -0.353. The molecule has 18 heavy (non-hydrogen) atoms. The van der Waals surface area contributed by atoms with Crippen molar-refractivity contribution in [2.75, 3.05) is 13.7 Å². The van der Waals surface area contributed by atoms with Gasteiger partial charge >= 0.3 is 0 Å². The topological polar surface area (TPSA) is 30.8 Å². The van der Waals surface area contributed by atoms with E-state index >= 15 is 0 Å². The normalized spacial score (nSPS) is 31.7. The van der Waals surface area contributed by atoms with E-state index in [4.69, 9.17) is 14.2 Å². The molecule has 0 bridgehead atoms. The Morgan fingerprint density at radius 2 is 1.94 bits per heavy atom. The third kappa shape index (κ3) is 2.37. The van der Waals surface area contributed by atoms with E-state index in [0.717, 1.165) is 12.5 Å². The summed E-state index contributed by atoms with van der Waals surface area (Å²) in [4.78, 5) is 4.71. The van der Waals surface area contributed by atoms with Crippen molar-refractivity contribution in [3.8, 4) is 0 Å². The molecule has 0 aromatic carbocycles. The van der Waals surface area contributed by atoms with Gasteiger partial charge in [-0.25, -0.2) is 4.99 Å². The number of aliphatic imine (C=N–C) groups is 1. The minimum absolute atomic E-state index is 0.276. The van der Waals surface area contributed by atoms with Gasteiger partial charge in [-0.1, -0.05) is 20.8 Å². The molecule has 0 amide bonds. The number of fused-ring (bicyclic) bond motifs is 1. The first kappa shape index (κ1) is 14.1. The van der Waals surface area contributed by atoms with Gasteiger partial charge in [0, 0.05) is 5.92 Å². The van der Waals surface area contributed by atoms with Crippen molar-refractivity contribution in [2.24, 2.45) is 16.8 Å². The second kappa shape index (κ2) is 4.64. The van der Waals surface area contributed by atoms with Gasteiger partial charge in [-0.05, 0) is 36.9 Å². The summed E-state index contributed by atoms with van der Waals surface area (Å²) in [6.45, 7) is 12.2. The first-order valence-corrected chi connectivity index (χ1v) is 9.93. The summed E-state index contributed by atoms with van der Waals surface area (Å²) in [5.74, 6) is 2.24. The van der Waals surface area contributed by atoms with E-state index < -0.39 is 8.32 Å². The molecule has 0 unspecified atom stereocenters. The fraction of sp³-hybridized carbons (Fsp3) is 0.929. The Morgan fingerprint density at radius 3 is 2.33 bits per heavy atom. The lowest BCUT2D eigenvalue weighted by atomic mass is 9.72. The minimum Gasteiger partial charge on any atom is -0.484 e. The standard InChI is InChI=1S/C14H27NO2Si/c1-14(2,3)18(5,6)17-9-12-10-7-8-11(10)13(15-12)16-4/h10-12H,7-9H2,1-6H3/t10-,11+,12+/m0/s1. The van der Waals surface area contributed by atoms with Crippen LogP contribution in [0.2, 0.25) is 18.1 Å². The number of hydrogen-bond acceptors (Lipinski definition) is 3. The van der Waals surface area contributed by atoms with Gasteiger partial charge in [0.15, 0.2) is 14.2 Å². The molecule has 0 aromatic rings. The van der Waals surface area contributed by atoms with Crippen molar-refractivity contribution in [2.45, 2.75) is 57.8 Å². The van der Waals surface area contributed by atoms with E-state index in [2.05, 4.69) is 33.9 Å². The van der Waals surface area contributed by atoms with Crippen LogP contribution in [-0.2, 0) is 9.16 Å². The van der Waals surface area contributed by atoms with Crippen LogP contribution in [0.1, 0.15) is 33.6 Å². The molecular formula is C14H27NO2Si. The molecule has 0 radical (unpaired) electrons. The van der Waals surface area contributed by atoms with Crippen LogP contribution in [0, 0.1) is 11.8 Å². The predicted molar refractivity (Wildman–Crippen MR) is 77.6 cm³/mol. The van der Waals surface area contributed by atoms with Crippen LogP contribution in [0.15, 0.2) is 4.99 Å². The molecule has 104 valence electrons. The monoisotopic (exact) mass is 269 g/mol. The Labute approximate surface area is 112 Å². The molecule has 1 fully saturated rings. The summed E-state index contributed by atoms with van der Waals surface area (Å²) in [6, 6.07) is 0.341. The second-order valence-electron chi connectivity index (χ2n) is 7.16. The van der Waals surface area contributed by atoms with Gasteiger partial charge in [0.05, 0.1) is 19.8 Å². The highest BCUT2D eigenvalue weighted by Crippen LogP contribution is 2.45. The summed E-state index contributed by atoms with van der Waals surface area (Å²) in [5.41, 5.74) is 0. The molecule has 2 rings (SSSR count). The predicted octanol–water partition coefficient (Wildman–Crippen LogP) is 3.46. The van der Waals surface area contributed by atoms with E-state index in [-0.39, 0.29) is 5.04 Å². The second-order valence-corrected chi connectivity index (χ2v) is 12.0. The summed E-state index contributed by atoms with van der Waals surface area (Å²) in [7, 11) is 0.0991. The van der Waals surface area contributed by atoms with E-state index in [1.165, 1.54) is 12.8 Å². The minimum atomic E-state index is -1.64. The molecule has 1 aliphatic carbocycles. The van der Waals surface area contributed by atoms with Crippen LogP contribution in [-0.4, -0.2) is 34.0 Å². The molecule has 0 saturated heterocycles. The number of rotatable bonds is 3. The molecule has 1 aliphatic heterocycles. The first-order valence-electron chi connectivity index (χ1n) is 7.02. The number of ether oxygens (including phenoxy) is 1. The third-order valence-electron chi connectivity index (χ3n) is 5.06. The average molecular weight is 269 g/mol. The molecule has 0 aromatic heterocycles. The van der Waals surface area contributed by atoms with Gasteiger partial charge < -0.3 is 9.16 Å². The van der Waals surface area contributed by atoms with Crippen molar-refractivity contribution in [1.29, 1.82) is 0 Å². The molecule has 4 heteroatoms. The summed E-state index contributed by atoms with van der Waals surface area (Å²) >= 11 is 0. The number of nitrogens with zero attached hydrogens (tertiary/aromatic N) is 1. The lowest BCUT2D eigenvalue weighted by molar-refractivity contribution is 0.160. The van der Waals surface area contributed by atoms with Crippen molar-refractivity contribution >= 4 is 14.2 Å². The Balaban J connectivity index is 1.94. The highest BCUT2D eigenvalue weighted by atomic mass is 28.4. The molecule has 1 saturated carbocycles. The zero-order chi connectivity index (χ0) is 13.6. The van der Waals surface area contributed by atoms with Gasteiger partial charge in [-0.15, -0.1) is 0 Å². The van der Waals surface area contributed by atoms with Crippen LogP contribution in [0.3, 0.4) is 0 Å². The molecule has 2 aliphatic rings. The quantitative estimate of drug-likeness (QED) is 0.735. The largest absolute Gasteiger partial charge is 0.484 e. The highest BCUT2D eigenvalue weighted by molar-refractivity contribution is 6.74. The zero-order valence-corrected chi connectivity index (χ0v) is 13.6. The third-order valence-corrected chi connectivity index (χ3v) is 9.56. The number of methoxy groups -OCH3 is 1. The molecule has 1 heterocycles. The fourth-order valence-corrected chi connectivity index (χ4v) is 3.54. The summed E-state index contributed by atoms with van der Waals surface area (Å²) in [6.07, 6.45) is 2.53.